The van der Waals surface area contributed by atoms with Gasteiger partial charge in [0.25, 0.3) is 0 Å². The Morgan fingerprint density at radius 1 is 1.26 bits per heavy atom. The van der Waals surface area contributed by atoms with Crippen molar-refractivity contribution in [3.05, 3.63) is 53.7 Å². The highest BCUT2D eigenvalue weighted by Gasteiger charge is 2.27. The van der Waals surface area contributed by atoms with Crippen molar-refractivity contribution in [3.8, 4) is 0 Å². The molecule has 192 valence electrons. The van der Waals surface area contributed by atoms with Crippen LogP contribution in [0.3, 0.4) is 0 Å². The van der Waals surface area contributed by atoms with Crippen LogP contribution in [0.4, 0.5) is 0 Å². The van der Waals surface area contributed by atoms with Crippen LogP contribution in [0, 0.1) is 5.41 Å². The molecular formula is C28H48N4OS. The second-order valence-electron chi connectivity index (χ2n) is 10.7. The van der Waals surface area contributed by atoms with Gasteiger partial charge in [-0.2, -0.15) is 0 Å². The van der Waals surface area contributed by atoms with Crippen LogP contribution in [0.1, 0.15) is 71.9 Å². The number of nitrogens with zero attached hydrogens (tertiary/aromatic N) is 2. The van der Waals surface area contributed by atoms with E-state index in [1.165, 1.54) is 16.2 Å². The largest absolute Gasteiger partial charge is 0.368 e. The number of hydrogen-bond acceptors (Lipinski definition) is 5. The van der Waals surface area contributed by atoms with Crippen molar-refractivity contribution in [2.24, 2.45) is 11.1 Å². The predicted molar refractivity (Wildman–Crippen MR) is 150 cm³/mol. The van der Waals surface area contributed by atoms with E-state index in [1.54, 1.807) is 0 Å². The lowest BCUT2D eigenvalue weighted by atomic mass is 9.93. The third-order valence-electron chi connectivity index (χ3n) is 5.57. The van der Waals surface area contributed by atoms with E-state index >= 15 is 0 Å². The van der Waals surface area contributed by atoms with E-state index < -0.39 is 0 Å². The Kier molecular flexibility index (Phi) is 13.0. The van der Waals surface area contributed by atoms with Crippen molar-refractivity contribution in [1.29, 1.82) is 0 Å². The van der Waals surface area contributed by atoms with E-state index in [0.29, 0.717) is 18.0 Å². The molecule has 0 saturated carbocycles. The number of carbonyl (C=O) groups is 1. The molecule has 2 aliphatic rings. The summed E-state index contributed by atoms with van der Waals surface area (Å²) in [5.74, 6) is 1.18. The quantitative estimate of drug-likeness (QED) is 0.522. The van der Waals surface area contributed by atoms with Gasteiger partial charge in [-0.15, -0.1) is 18.3 Å². The molecule has 34 heavy (non-hydrogen) atoms. The summed E-state index contributed by atoms with van der Waals surface area (Å²) in [5, 5.41) is 3.07. The standard InChI is InChI=1S/C18H25N3OS.C7H14.C3H9N/c1-13-17(23-12-21(13)3)15-8-6-14(7-9-15)11-19-18(22)16-5-4-10-20(16)2;1-5-6-7(2,3)4;1-3(2)4/h6-9,16H,4-5,10-12H2,1-3H3,(H,19,22);5H,1,6H2,2-4H3;3H,4H2,1-2H3. The van der Waals surface area contributed by atoms with E-state index in [1.807, 2.05) is 38.7 Å². The number of amides is 1. The topological polar surface area (TPSA) is 61.6 Å². The monoisotopic (exact) mass is 488 g/mol. The normalized spacial score (nSPS) is 18.3. The Bertz CT molecular complexity index is 793. The van der Waals surface area contributed by atoms with Crippen molar-refractivity contribution in [3.63, 3.8) is 0 Å². The van der Waals surface area contributed by atoms with Gasteiger partial charge >= 0.3 is 0 Å². The number of likely N-dealkylation sites (tertiary alicyclic amines) is 1. The SMILES string of the molecule is C=CCC(C)(C)C.CC(C)N.CC1=C(c2ccc(CNC(=O)C3CCCN3C)cc2)SCN1C. The molecule has 0 radical (unpaired) electrons. The Morgan fingerprint density at radius 3 is 2.24 bits per heavy atom. The zero-order valence-electron chi connectivity index (χ0n) is 22.8. The Morgan fingerprint density at radius 2 is 1.85 bits per heavy atom. The summed E-state index contributed by atoms with van der Waals surface area (Å²) in [5.41, 5.74) is 9.29. The van der Waals surface area contributed by atoms with Gasteiger partial charge in [-0.05, 0) is 62.4 Å². The molecule has 6 heteroatoms. The molecule has 2 aliphatic heterocycles. The van der Waals surface area contributed by atoms with Crippen LogP contribution in [0.5, 0.6) is 0 Å². The molecule has 3 N–H and O–H groups in total. The van der Waals surface area contributed by atoms with E-state index in [0.717, 1.165) is 37.2 Å². The molecule has 5 nitrogen and oxygen atoms in total. The van der Waals surface area contributed by atoms with Gasteiger partial charge in [-0.25, -0.2) is 0 Å². The Balaban J connectivity index is 0.000000441. The van der Waals surface area contributed by atoms with Gasteiger partial charge < -0.3 is 16.0 Å². The van der Waals surface area contributed by atoms with Crippen LogP contribution in [0.15, 0.2) is 42.6 Å². The minimum Gasteiger partial charge on any atom is -0.368 e. The molecule has 0 bridgehead atoms. The number of benzene rings is 1. The molecule has 1 amide bonds. The van der Waals surface area contributed by atoms with Gasteiger partial charge in [0, 0.05) is 24.2 Å². The van der Waals surface area contributed by atoms with Gasteiger partial charge in [0.05, 0.1) is 11.9 Å². The Hall–Kier alpha value is -1.76. The van der Waals surface area contributed by atoms with Gasteiger partial charge in [0.2, 0.25) is 5.91 Å². The number of carbonyl (C=O) groups excluding carboxylic acids is 1. The maximum absolute atomic E-state index is 12.2. The molecule has 2 heterocycles. The van der Waals surface area contributed by atoms with E-state index in [-0.39, 0.29) is 11.9 Å². The van der Waals surface area contributed by atoms with Gasteiger partial charge in [-0.3, -0.25) is 9.69 Å². The zero-order valence-corrected chi connectivity index (χ0v) is 23.6. The predicted octanol–water partition coefficient (Wildman–Crippen LogP) is 5.68. The molecule has 1 aromatic carbocycles. The fourth-order valence-electron chi connectivity index (χ4n) is 3.58. The summed E-state index contributed by atoms with van der Waals surface area (Å²) in [7, 11) is 4.15. The number of nitrogens with two attached hydrogens (primary N) is 1. The lowest BCUT2D eigenvalue weighted by Crippen LogP contribution is -2.41. The average molecular weight is 489 g/mol. The summed E-state index contributed by atoms with van der Waals surface area (Å²) < 4.78 is 0. The first-order chi connectivity index (χ1) is 15.9. The van der Waals surface area contributed by atoms with Crippen molar-refractivity contribution in [2.45, 2.75) is 79.4 Å². The number of hydrogen-bond donors (Lipinski definition) is 2. The van der Waals surface area contributed by atoms with Crippen molar-refractivity contribution in [1.82, 2.24) is 15.1 Å². The van der Waals surface area contributed by atoms with Crippen LogP contribution in [-0.4, -0.2) is 54.3 Å². The first kappa shape index (κ1) is 30.3. The van der Waals surface area contributed by atoms with Crippen LogP contribution in [0.2, 0.25) is 0 Å². The van der Waals surface area contributed by atoms with Crippen molar-refractivity contribution >= 4 is 22.6 Å². The molecule has 0 spiro atoms. The third-order valence-corrected chi connectivity index (χ3v) is 6.90. The first-order valence-electron chi connectivity index (χ1n) is 12.3. The smallest absolute Gasteiger partial charge is 0.237 e. The van der Waals surface area contributed by atoms with Gasteiger partial charge in [0.1, 0.15) is 0 Å². The minimum atomic E-state index is 0.0486. The van der Waals surface area contributed by atoms with Crippen LogP contribution < -0.4 is 11.1 Å². The molecule has 0 aliphatic carbocycles. The average Bonchev–Trinajstić information content (AvgIpc) is 3.31. The van der Waals surface area contributed by atoms with Crippen molar-refractivity contribution in [2.75, 3.05) is 26.5 Å². The van der Waals surface area contributed by atoms with Crippen molar-refractivity contribution < 1.29 is 4.79 Å². The summed E-state index contributed by atoms with van der Waals surface area (Å²) in [6, 6.07) is 8.94. The summed E-state index contributed by atoms with van der Waals surface area (Å²) in [6.07, 6.45) is 5.15. The highest BCUT2D eigenvalue weighted by Crippen LogP contribution is 2.38. The summed E-state index contributed by atoms with van der Waals surface area (Å²) in [6.45, 7) is 17.9. The third kappa shape index (κ3) is 11.1. The maximum Gasteiger partial charge on any atom is 0.237 e. The molecule has 1 atom stereocenters. The summed E-state index contributed by atoms with van der Waals surface area (Å²) >= 11 is 1.88. The van der Waals surface area contributed by atoms with Crippen LogP contribution >= 0.6 is 11.8 Å². The van der Waals surface area contributed by atoms with Crippen LogP contribution in [0.25, 0.3) is 4.91 Å². The molecule has 1 unspecified atom stereocenters. The number of likely N-dealkylation sites (N-methyl/N-ethyl adjacent to an activating group) is 1. The molecule has 0 aromatic heterocycles. The zero-order chi connectivity index (χ0) is 25.9. The molecule has 3 rings (SSSR count). The number of nitrogens with one attached hydrogen (secondary N) is 1. The summed E-state index contributed by atoms with van der Waals surface area (Å²) in [4.78, 5) is 18.0. The Labute approximate surface area is 213 Å². The fraction of sp³-hybridized carbons (Fsp3) is 0.607. The molecule has 1 fully saturated rings. The minimum absolute atomic E-state index is 0.0486. The lowest BCUT2D eigenvalue weighted by molar-refractivity contribution is -0.125. The number of allylic oxidation sites excluding steroid dienone is 2. The first-order valence-corrected chi connectivity index (χ1v) is 13.3. The highest BCUT2D eigenvalue weighted by atomic mass is 32.2. The molecule has 1 saturated heterocycles. The lowest BCUT2D eigenvalue weighted by Gasteiger charge is -2.18. The van der Waals surface area contributed by atoms with Gasteiger partial charge in [0.15, 0.2) is 0 Å². The fourth-order valence-corrected chi connectivity index (χ4v) is 4.77. The maximum atomic E-state index is 12.2. The number of rotatable bonds is 5. The second kappa shape index (κ2) is 14.6. The second-order valence-corrected chi connectivity index (χ2v) is 11.7. The van der Waals surface area contributed by atoms with Crippen LogP contribution in [-0.2, 0) is 11.3 Å². The van der Waals surface area contributed by atoms with E-state index in [4.69, 9.17) is 5.73 Å². The van der Waals surface area contributed by atoms with Gasteiger partial charge in [-0.1, -0.05) is 65.0 Å². The van der Waals surface area contributed by atoms with E-state index in [2.05, 4.69) is 80.7 Å². The molecular weight excluding hydrogens is 440 g/mol. The van der Waals surface area contributed by atoms with E-state index in [9.17, 15) is 4.79 Å². The molecule has 1 aromatic rings. The highest BCUT2D eigenvalue weighted by molar-refractivity contribution is 8.08. The number of thioether (sulfide) groups is 1.